The second kappa shape index (κ2) is 10.3. The molecule has 41 heavy (non-hydrogen) atoms. The first kappa shape index (κ1) is 25.2. The van der Waals surface area contributed by atoms with Gasteiger partial charge in [-0.1, -0.05) is 23.7 Å². The number of ketones is 1. The number of pyridine rings is 1. The number of amidine groups is 1. The molecule has 5 heterocycles. The SMILES string of the molecule is COc1cnc(-n2cncn2)c2[nH]cc(C(=O)CN3CCN(C4=Nc5ccccc5Oc5ccc(Cl)cc54)CC3)c12. The van der Waals surface area contributed by atoms with E-state index in [0.29, 0.717) is 70.7 Å². The molecule has 1 N–H and O–H groups in total. The highest BCUT2D eigenvalue weighted by atomic mass is 35.5. The van der Waals surface area contributed by atoms with Crippen molar-refractivity contribution in [3.05, 3.63) is 83.7 Å². The number of fused-ring (bicyclic) bond motifs is 3. The molecule has 3 aromatic heterocycles. The Labute approximate surface area is 240 Å². The van der Waals surface area contributed by atoms with E-state index < -0.39 is 0 Å². The van der Waals surface area contributed by atoms with E-state index >= 15 is 0 Å². The number of para-hydroxylation sites is 2. The lowest BCUT2D eigenvalue weighted by atomic mass is 10.1. The molecule has 0 unspecified atom stereocenters. The predicted octanol–water partition coefficient (Wildman–Crippen LogP) is 4.49. The van der Waals surface area contributed by atoms with Gasteiger partial charge < -0.3 is 19.4 Å². The molecule has 0 bridgehead atoms. The molecule has 0 spiro atoms. The normalized spacial score (nSPS) is 15.1. The first-order chi connectivity index (χ1) is 20.1. The molecule has 1 saturated heterocycles. The van der Waals surface area contributed by atoms with Crippen molar-refractivity contribution in [3.63, 3.8) is 0 Å². The van der Waals surface area contributed by atoms with E-state index in [1.54, 1.807) is 30.5 Å². The molecule has 1 fully saturated rings. The molecular formula is C29H25ClN8O3. The zero-order valence-corrected chi connectivity index (χ0v) is 22.9. The summed E-state index contributed by atoms with van der Waals surface area (Å²) in [6, 6.07) is 13.3. The number of carbonyl (C=O) groups is 1. The van der Waals surface area contributed by atoms with Gasteiger partial charge in [-0.15, -0.1) is 0 Å². The van der Waals surface area contributed by atoms with Crippen LogP contribution in [0.15, 0.2) is 72.5 Å². The maximum absolute atomic E-state index is 13.6. The minimum Gasteiger partial charge on any atom is -0.494 e. The van der Waals surface area contributed by atoms with E-state index in [0.717, 1.165) is 17.1 Å². The van der Waals surface area contributed by atoms with E-state index in [2.05, 4.69) is 29.9 Å². The summed E-state index contributed by atoms with van der Waals surface area (Å²) in [5, 5.41) is 5.48. The number of halogens is 1. The number of nitrogens with zero attached hydrogens (tertiary/aromatic N) is 7. The maximum atomic E-state index is 13.6. The van der Waals surface area contributed by atoms with Gasteiger partial charge in [-0.2, -0.15) is 5.10 Å². The van der Waals surface area contributed by atoms with Crippen LogP contribution in [0.3, 0.4) is 0 Å². The van der Waals surface area contributed by atoms with Crippen LogP contribution in [0.2, 0.25) is 5.02 Å². The van der Waals surface area contributed by atoms with Crippen LogP contribution in [0.1, 0.15) is 15.9 Å². The molecule has 0 atom stereocenters. The van der Waals surface area contributed by atoms with Gasteiger partial charge >= 0.3 is 0 Å². The minimum atomic E-state index is -0.00926. The molecule has 0 saturated carbocycles. The molecule has 12 heteroatoms. The van der Waals surface area contributed by atoms with Crippen LogP contribution in [-0.4, -0.2) is 86.0 Å². The number of benzene rings is 2. The lowest BCUT2D eigenvalue weighted by Crippen LogP contribution is -2.50. The Morgan fingerprint density at radius 3 is 2.78 bits per heavy atom. The van der Waals surface area contributed by atoms with Gasteiger partial charge in [-0.3, -0.25) is 9.69 Å². The van der Waals surface area contributed by atoms with Crippen molar-refractivity contribution >= 4 is 39.8 Å². The van der Waals surface area contributed by atoms with Crippen LogP contribution < -0.4 is 9.47 Å². The fraction of sp³-hybridized carbons (Fsp3) is 0.207. The van der Waals surface area contributed by atoms with E-state index in [1.807, 2.05) is 42.5 Å². The van der Waals surface area contributed by atoms with Gasteiger partial charge in [0.2, 0.25) is 0 Å². The highest BCUT2D eigenvalue weighted by molar-refractivity contribution is 6.31. The van der Waals surface area contributed by atoms with Crippen LogP contribution in [0, 0.1) is 0 Å². The van der Waals surface area contributed by atoms with Gasteiger partial charge in [-0.05, 0) is 30.3 Å². The van der Waals surface area contributed by atoms with Crippen molar-refractivity contribution in [3.8, 4) is 23.1 Å². The Morgan fingerprint density at radius 2 is 1.98 bits per heavy atom. The molecule has 0 aliphatic carbocycles. The number of Topliss-reactive ketones (excluding diaryl/α,β-unsaturated/α-hetero) is 1. The van der Waals surface area contributed by atoms with Crippen molar-refractivity contribution < 1.29 is 14.3 Å². The molecular weight excluding hydrogens is 544 g/mol. The van der Waals surface area contributed by atoms with Crippen molar-refractivity contribution in [2.75, 3.05) is 39.8 Å². The third-order valence-corrected chi connectivity index (χ3v) is 7.58. The van der Waals surface area contributed by atoms with Crippen LogP contribution in [0.25, 0.3) is 16.7 Å². The predicted molar refractivity (Wildman–Crippen MR) is 154 cm³/mol. The first-order valence-electron chi connectivity index (χ1n) is 13.1. The number of ether oxygens (including phenoxy) is 2. The summed E-state index contributed by atoms with van der Waals surface area (Å²) in [4.78, 5) is 34.6. The molecule has 0 radical (unpaired) electrons. The van der Waals surface area contributed by atoms with Crippen molar-refractivity contribution in [2.45, 2.75) is 0 Å². The average molecular weight is 569 g/mol. The minimum absolute atomic E-state index is 0.00926. The van der Waals surface area contributed by atoms with Gasteiger partial charge in [0.1, 0.15) is 35.7 Å². The van der Waals surface area contributed by atoms with E-state index in [9.17, 15) is 4.79 Å². The number of H-pyrrole nitrogens is 1. The molecule has 11 nitrogen and oxygen atoms in total. The number of aliphatic imine (C=N–C) groups is 1. The number of piperazine rings is 1. The molecule has 0 amide bonds. The van der Waals surface area contributed by atoms with Crippen molar-refractivity contribution in [1.82, 2.24) is 34.5 Å². The van der Waals surface area contributed by atoms with Crippen LogP contribution in [-0.2, 0) is 0 Å². The molecule has 7 rings (SSSR count). The summed E-state index contributed by atoms with van der Waals surface area (Å²) in [7, 11) is 1.57. The van der Waals surface area contributed by atoms with E-state index in [1.165, 1.54) is 6.33 Å². The summed E-state index contributed by atoms with van der Waals surface area (Å²) < 4.78 is 13.3. The number of aromatic amines is 1. The standard InChI is InChI=1S/C29H25ClN8O3/c1-40-25-14-33-29(38-17-31-16-34-38)27-26(25)20(13-32-27)22(39)15-36-8-10-37(11-9-36)28-19-12-18(30)6-7-23(19)41-24-5-3-2-4-21(24)35-28/h2-7,12-14,16-17,32H,8-11,15H2,1H3. The quantitative estimate of drug-likeness (QED) is 0.309. The number of rotatable bonds is 5. The van der Waals surface area contributed by atoms with Gasteiger partial charge in [0.15, 0.2) is 17.4 Å². The zero-order chi connectivity index (χ0) is 27.9. The Morgan fingerprint density at radius 1 is 1.12 bits per heavy atom. The molecule has 2 aromatic carbocycles. The highest BCUT2D eigenvalue weighted by Crippen LogP contribution is 2.39. The van der Waals surface area contributed by atoms with Crippen LogP contribution in [0.4, 0.5) is 5.69 Å². The number of carbonyl (C=O) groups excluding carboxylic acids is 1. The summed E-state index contributed by atoms with van der Waals surface area (Å²) in [6.07, 6.45) is 6.31. The second-order valence-corrected chi connectivity index (χ2v) is 10.2. The number of methoxy groups -OCH3 is 1. The molecule has 2 aliphatic heterocycles. The summed E-state index contributed by atoms with van der Waals surface area (Å²) >= 11 is 6.38. The zero-order valence-electron chi connectivity index (χ0n) is 22.1. The largest absolute Gasteiger partial charge is 0.494 e. The van der Waals surface area contributed by atoms with Crippen molar-refractivity contribution in [2.24, 2.45) is 4.99 Å². The summed E-state index contributed by atoms with van der Waals surface area (Å²) in [5.74, 6) is 3.28. The van der Waals surface area contributed by atoms with Gasteiger partial charge in [0.05, 0.1) is 36.3 Å². The number of hydrogen-bond acceptors (Lipinski definition) is 9. The Kier molecular flexibility index (Phi) is 6.37. The molecule has 5 aromatic rings. The van der Waals surface area contributed by atoms with Crippen LogP contribution in [0.5, 0.6) is 17.2 Å². The third-order valence-electron chi connectivity index (χ3n) is 7.34. The van der Waals surface area contributed by atoms with E-state index in [-0.39, 0.29) is 12.3 Å². The van der Waals surface area contributed by atoms with Gasteiger partial charge in [0, 0.05) is 43.0 Å². The highest BCUT2D eigenvalue weighted by Gasteiger charge is 2.28. The molecule has 2 aliphatic rings. The van der Waals surface area contributed by atoms with Gasteiger partial charge in [-0.25, -0.2) is 19.6 Å². The summed E-state index contributed by atoms with van der Waals surface area (Å²) in [6.45, 7) is 3.03. The number of hydrogen-bond donors (Lipinski definition) is 1. The van der Waals surface area contributed by atoms with Crippen molar-refractivity contribution in [1.29, 1.82) is 0 Å². The third kappa shape index (κ3) is 4.58. The van der Waals surface area contributed by atoms with Gasteiger partial charge in [0.25, 0.3) is 0 Å². The van der Waals surface area contributed by atoms with Crippen LogP contribution >= 0.6 is 11.6 Å². The Balaban J connectivity index is 1.12. The lowest BCUT2D eigenvalue weighted by Gasteiger charge is -2.36. The summed E-state index contributed by atoms with van der Waals surface area (Å²) in [5.41, 5.74) is 2.82. The maximum Gasteiger partial charge on any atom is 0.179 e. The Bertz CT molecular complexity index is 1790. The van der Waals surface area contributed by atoms with E-state index in [4.69, 9.17) is 26.1 Å². The average Bonchev–Trinajstić information content (AvgIpc) is 3.66. The topological polar surface area (TPSA) is 114 Å². The monoisotopic (exact) mass is 568 g/mol. The smallest absolute Gasteiger partial charge is 0.179 e. The fourth-order valence-corrected chi connectivity index (χ4v) is 5.48. The lowest BCUT2D eigenvalue weighted by molar-refractivity contribution is 0.0899. The number of aromatic nitrogens is 5. The Hall–Kier alpha value is -4.74. The fourth-order valence-electron chi connectivity index (χ4n) is 5.31. The molecule has 206 valence electrons. The second-order valence-electron chi connectivity index (χ2n) is 9.77. The first-order valence-corrected chi connectivity index (χ1v) is 13.5. The number of nitrogens with one attached hydrogen (secondary N) is 1.